The fourth-order valence-electron chi connectivity index (χ4n) is 2.12. The Morgan fingerprint density at radius 2 is 2.24 bits per heavy atom. The maximum Gasteiger partial charge on any atom is 0.243 e. The van der Waals surface area contributed by atoms with Crippen molar-refractivity contribution in [3.63, 3.8) is 0 Å². The Hall–Kier alpha value is -1.77. The van der Waals surface area contributed by atoms with Crippen LogP contribution in [-0.2, 0) is 10.0 Å². The van der Waals surface area contributed by atoms with Crippen LogP contribution in [0.25, 0.3) is 10.9 Å². The highest BCUT2D eigenvalue weighted by Crippen LogP contribution is 2.27. The van der Waals surface area contributed by atoms with Gasteiger partial charge in [-0.15, -0.1) is 11.3 Å². The first-order chi connectivity index (χ1) is 9.99. The van der Waals surface area contributed by atoms with Crippen LogP contribution < -0.4 is 4.72 Å². The topological polar surface area (TPSA) is 74.8 Å². The van der Waals surface area contributed by atoms with Crippen molar-refractivity contribution in [2.75, 3.05) is 0 Å². The van der Waals surface area contributed by atoms with Gasteiger partial charge in [0.15, 0.2) is 0 Å². The number of aromatic nitrogens is 2. The number of benzene rings is 1. The number of thiazole rings is 1. The number of aromatic amines is 1. The van der Waals surface area contributed by atoms with Crippen molar-refractivity contribution in [2.24, 2.45) is 0 Å². The standard InChI is InChI=1S/C13H12FN3O2S2/c1-8(13-15-5-6-20-13)17-21(18,19)11-7-16-10-4-2-3-9(14)12(10)11/h2-8,16-17H,1H3/t8-/m0/s1. The molecule has 0 spiro atoms. The Morgan fingerprint density at radius 3 is 2.95 bits per heavy atom. The number of hydrogen-bond acceptors (Lipinski definition) is 4. The van der Waals surface area contributed by atoms with Gasteiger partial charge >= 0.3 is 0 Å². The summed E-state index contributed by atoms with van der Waals surface area (Å²) in [5.41, 5.74) is 0.442. The van der Waals surface area contributed by atoms with Gasteiger partial charge in [0.05, 0.1) is 11.4 Å². The maximum absolute atomic E-state index is 13.9. The van der Waals surface area contributed by atoms with Crippen molar-refractivity contribution in [3.8, 4) is 0 Å². The lowest BCUT2D eigenvalue weighted by molar-refractivity contribution is 0.566. The fraction of sp³-hybridized carbons (Fsp3) is 0.154. The Labute approximate surface area is 124 Å². The highest BCUT2D eigenvalue weighted by atomic mass is 32.2. The lowest BCUT2D eigenvalue weighted by atomic mass is 10.2. The molecule has 0 saturated carbocycles. The second-order valence-electron chi connectivity index (χ2n) is 4.53. The highest BCUT2D eigenvalue weighted by Gasteiger charge is 2.24. The van der Waals surface area contributed by atoms with Gasteiger partial charge in [-0.1, -0.05) is 6.07 Å². The van der Waals surface area contributed by atoms with E-state index < -0.39 is 21.9 Å². The second kappa shape index (κ2) is 5.21. The Bertz CT molecular complexity index is 872. The van der Waals surface area contributed by atoms with Crippen LogP contribution in [0.2, 0.25) is 0 Å². The molecule has 0 amide bonds. The predicted octanol–water partition coefficient (Wildman–Crippen LogP) is 2.80. The largest absolute Gasteiger partial charge is 0.360 e. The molecule has 0 saturated heterocycles. The zero-order valence-corrected chi connectivity index (χ0v) is 12.6. The molecule has 0 aliphatic rings. The summed E-state index contributed by atoms with van der Waals surface area (Å²) in [6, 6.07) is 3.91. The Balaban J connectivity index is 2.01. The molecule has 21 heavy (non-hydrogen) atoms. The predicted molar refractivity (Wildman–Crippen MR) is 79.1 cm³/mol. The maximum atomic E-state index is 13.9. The summed E-state index contributed by atoms with van der Waals surface area (Å²) in [6.45, 7) is 1.70. The molecule has 2 aromatic heterocycles. The van der Waals surface area contributed by atoms with Crippen molar-refractivity contribution in [1.82, 2.24) is 14.7 Å². The van der Waals surface area contributed by atoms with Crippen LogP contribution in [0.4, 0.5) is 4.39 Å². The number of halogens is 1. The van der Waals surface area contributed by atoms with Gasteiger partial charge < -0.3 is 4.98 Å². The average Bonchev–Trinajstić information content (AvgIpc) is 3.08. The number of rotatable bonds is 4. The van der Waals surface area contributed by atoms with Gasteiger partial charge in [0.2, 0.25) is 10.0 Å². The van der Waals surface area contributed by atoms with Gasteiger partial charge in [0, 0.05) is 23.3 Å². The summed E-state index contributed by atoms with van der Waals surface area (Å²) in [4.78, 5) is 6.74. The molecule has 2 N–H and O–H groups in total. The van der Waals surface area contributed by atoms with E-state index in [4.69, 9.17) is 0 Å². The summed E-state index contributed by atoms with van der Waals surface area (Å²) in [5, 5.41) is 2.49. The minimum Gasteiger partial charge on any atom is -0.360 e. The van der Waals surface area contributed by atoms with E-state index in [2.05, 4.69) is 14.7 Å². The number of H-pyrrole nitrogens is 1. The summed E-state index contributed by atoms with van der Waals surface area (Å²) in [5.74, 6) is -0.573. The van der Waals surface area contributed by atoms with Crippen molar-refractivity contribution >= 4 is 32.3 Å². The van der Waals surface area contributed by atoms with E-state index in [1.165, 1.54) is 29.7 Å². The lowest BCUT2D eigenvalue weighted by Gasteiger charge is -2.11. The first kappa shape index (κ1) is 14.2. The van der Waals surface area contributed by atoms with Gasteiger partial charge in [-0.05, 0) is 19.1 Å². The van der Waals surface area contributed by atoms with E-state index in [-0.39, 0.29) is 10.3 Å². The quantitative estimate of drug-likeness (QED) is 0.774. The third kappa shape index (κ3) is 2.57. The Kier molecular flexibility index (Phi) is 3.52. The summed E-state index contributed by atoms with van der Waals surface area (Å²) < 4.78 is 41.3. The molecule has 3 rings (SSSR count). The monoisotopic (exact) mass is 325 g/mol. The molecular formula is C13H12FN3O2S2. The fourth-order valence-corrected chi connectivity index (χ4v) is 4.23. The zero-order valence-electron chi connectivity index (χ0n) is 11.0. The minimum atomic E-state index is -3.85. The molecule has 3 aromatic rings. The normalized spacial score (nSPS) is 13.6. The number of nitrogens with zero attached hydrogens (tertiary/aromatic N) is 1. The van der Waals surface area contributed by atoms with Gasteiger partial charge in [0.1, 0.15) is 15.7 Å². The van der Waals surface area contributed by atoms with Gasteiger partial charge in [-0.25, -0.2) is 22.5 Å². The van der Waals surface area contributed by atoms with Crippen molar-refractivity contribution in [3.05, 3.63) is 46.8 Å². The number of sulfonamides is 1. The van der Waals surface area contributed by atoms with Crippen LogP contribution in [0, 0.1) is 5.82 Å². The van der Waals surface area contributed by atoms with Crippen LogP contribution in [0.1, 0.15) is 18.0 Å². The molecule has 2 heterocycles. The van der Waals surface area contributed by atoms with Crippen molar-refractivity contribution in [1.29, 1.82) is 0 Å². The van der Waals surface area contributed by atoms with Crippen LogP contribution in [-0.4, -0.2) is 18.4 Å². The molecule has 0 aliphatic carbocycles. The molecule has 0 aliphatic heterocycles. The SMILES string of the molecule is C[C@H](NS(=O)(=O)c1c[nH]c2cccc(F)c12)c1nccs1. The number of hydrogen-bond donors (Lipinski definition) is 2. The van der Waals surface area contributed by atoms with Crippen LogP contribution in [0.5, 0.6) is 0 Å². The molecule has 110 valence electrons. The molecule has 0 fully saturated rings. The minimum absolute atomic E-state index is 0.0661. The smallest absolute Gasteiger partial charge is 0.243 e. The number of nitrogens with one attached hydrogen (secondary N) is 2. The van der Waals surface area contributed by atoms with Gasteiger partial charge in [0.25, 0.3) is 0 Å². The molecule has 0 radical (unpaired) electrons. The Morgan fingerprint density at radius 1 is 1.43 bits per heavy atom. The van der Waals surface area contributed by atoms with E-state index in [1.807, 2.05) is 0 Å². The van der Waals surface area contributed by atoms with E-state index >= 15 is 0 Å². The summed E-state index contributed by atoms with van der Waals surface area (Å²) >= 11 is 1.36. The van der Waals surface area contributed by atoms with Gasteiger partial charge in [-0.2, -0.15) is 0 Å². The van der Waals surface area contributed by atoms with Crippen molar-refractivity contribution in [2.45, 2.75) is 17.9 Å². The van der Waals surface area contributed by atoms with E-state index in [1.54, 1.807) is 24.6 Å². The van der Waals surface area contributed by atoms with Crippen LogP contribution in [0.3, 0.4) is 0 Å². The van der Waals surface area contributed by atoms with E-state index in [0.717, 1.165) is 0 Å². The molecule has 8 heteroatoms. The molecule has 1 aromatic carbocycles. The second-order valence-corrected chi connectivity index (χ2v) is 7.14. The van der Waals surface area contributed by atoms with Gasteiger partial charge in [-0.3, -0.25) is 0 Å². The third-order valence-electron chi connectivity index (χ3n) is 3.06. The first-order valence-electron chi connectivity index (χ1n) is 6.16. The van der Waals surface area contributed by atoms with E-state index in [0.29, 0.717) is 10.5 Å². The average molecular weight is 325 g/mol. The molecular weight excluding hydrogens is 313 g/mol. The van der Waals surface area contributed by atoms with E-state index in [9.17, 15) is 12.8 Å². The summed E-state index contributed by atoms with van der Waals surface area (Å²) in [7, 11) is -3.85. The molecule has 5 nitrogen and oxygen atoms in total. The molecule has 0 bridgehead atoms. The summed E-state index contributed by atoms with van der Waals surface area (Å²) in [6.07, 6.45) is 2.90. The first-order valence-corrected chi connectivity index (χ1v) is 8.52. The number of fused-ring (bicyclic) bond motifs is 1. The van der Waals surface area contributed by atoms with Crippen LogP contribution >= 0.6 is 11.3 Å². The third-order valence-corrected chi connectivity index (χ3v) is 5.59. The molecule has 0 unspecified atom stereocenters. The van der Waals surface area contributed by atoms with Crippen molar-refractivity contribution < 1.29 is 12.8 Å². The highest BCUT2D eigenvalue weighted by molar-refractivity contribution is 7.89. The zero-order chi connectivity index (χ0) is 15.0. The lowest BCUT2D eigenvalue weighted by Crippen LogP contribution is -2.26. The van der Waals surface area contributed by atoms with Crippen LogP contribution in [0.15, 0.2) is 40.9 Å². The molecule has 1 atom stereocenters.